The molecule has 13 heteroatoms. The van der Waals surface area contributed by atoms with Gasteiger partial charge in [0.2, 0.25) is 0 Å². The van der Waals surface area contributed by atoms with Crippen LogP contribution >= 0.6 is 0 Å². The van der Waals surface area contributed by atoms with Crippen LogP contribution in [0.5, 0.6) is 0 Å². The van der Waals surface area contributed by atoms with Crippen LogP contribution in [0.2, 0.25) is 0 Å². The largest absolute Gasteiger partial charge is 2.00 e. The van der Waals surface area contributed by atoms with Crippen molar-refractivity contribution >= 4 is 10.4 Å². The summed E-state index contributed by atoms with van der Waals surface area (Å²) >= 11 is 0. The van der Waals surface area contributed by atoms with E-state index < -0.39 is 10.4 Å². The molecule has 0 unspecified atom stereocenters. The van der Waals surface area contributed by atoms with Crippen LogP contribution in [0.3, 0.4) is 0 Å². The minimum Gasteiger partial charge on any atom is -0.759 e. The monoisotopic (exact) mass is 280 g/mol. The molecule has 96 valence electrons. The molecule has 0 heterocycles. The Morgan fingerprint density at radius 2 is 0.692 bits per heavy atom. The number of hydrogen-bond donors (Lipinski definition) is 1. The van der Waals surface area contributed by atoms with Crippen LogP contribution in [-0.2, 0) is 26.9 Å². The van der Waals surface area contributed by atoms with Crippen molar-refractivity contribution in [3.05, 3.63) is 0 Å². The number of rotatable bonds is 0. The molecule has 0 aliphatic rings. The van der Waals surface area contributed by atoms with Crippen LogP contribution in [0.15, 0.2) is 0 Å². The van der Waals surface area contributed by atoms with Crippen molar-refractivity contribution in [2.45, 2.75) is 0 Å². The van der Waals surface area contributed by atoms with Crippen LogP contribution in [-0.4, -0.2) is 50.4 Å². The second kappa shape index (κ2) is 40.1. The standard InChI is InChI=1S/H3N.Ni.H2O4S.6H2O/c;;1-5(2,3)4;;;;;;/h1H3;;(H2,1,2,3,4);6*1H2/q;+2;;;;;;;/p-1. The van der Waals surface area contributed by atoms with Crippen molar-refractivity contribution in [1.29, 1.82) is 0 Å². The summed E-state index contributed by atoms with van der Waals surface area (Å²) in [5, 5.41) is 0. The van der Waals surface area contributed by atoms with Crippen LogP contribution in [0, 0.1) is 0 Å². The third kappa shape index (κ3) is 176000. The van der Waals surface area contributed by atoms with Crippen molar-refractivity contribution in [3.8, 4) is 0 Å². The molecule has 16 N–H and O–H groups in total. The van der Waals surface area contributed by atoms with Gasteiger partial charge >= 0.3 is 16.5 Å². The maximum Gasteiger partial charge on any atom is 2.00 e. The van der Waals surface area contributed by atoms with Gasteiger partial charge in [0, 0.05) is 10.4 Å². The average Bonchev–Trinajstić information content (AvgIpc) is 0.722. The third-order valence-corrected chi connectivity index (χ3v) is 0. The molecule has 13 heavy (non-hydrogen) atoms. The molecule has 0 aliphatic heterocycles. The van der Waals surface area contributed by atoms with E-state index in [0.717, 1.165) is 0 Å². The molecule has 0 saturated heterocycles. The Balaban J connectivity index is -0.00000000286. The molecule has 11 nitrogen and oxygen atoms in total. The van der Waals surface area contributed by atoms with Crippen molar-refractivity contribution in [1.82, 2.24) is 6.15 Å². The van der Waals surface area contributed by atoms with Gasteiger partial charge in [-0.15, -0.1) is 0 Å². The van der Waals surface area contributed by atoms with E-state index >= 15 is 0 Å². The van der Waals surface area contributed by atoms with Gasteiger partial charge in [-0.3, -0.25) is 8.42 Å². The van der Waals surface area contributed by atoms with E-state index in [2.05, 4.69) is 0 Å². The Labute approximate surface area is 84.1 Å². The first kappa shape index (κ1) is 115. The van der Waals surface area contributed by atoms with E-state index in [-0.39, 0.29) is 55.5 Å². The van der Waals surface area contributed by atoms with E-state index in [1.54, 1.807) is 0 Å². The maximum atomic E-state index is 8.52. The number of quaternary nitrogens is 1. The molecule has 0 fully saturated rings. The second-order valence-electron chi connectivity index (χ2n) is 0.408. The maximum absolute atomic E-state index is 8.52. The Morgan fingerprint density at radius 1 is 0.692 bits per heavy atom. The van der Waals surface area contributed by atoms with Crippen molar-refractivity contribution in [2.75, 3.05) is 0 Å². The van der Waals surface area contributed by atoms with Crippen molar-refractivity contribution in [3.63, 3.8) is 0 Å². The average molecular weight is 281 g/mol. The summed E-state index contributed by atoms with van der Waals surface area (Å²) in [4.78, 5) is 0. The van der Waals surface area contributed by atoms with Crippen LogP contribution in [0.1, 0.15) is 0 Å². The minimum atomic E-state index is -5.17. The predicted molar refractivity (Wildman–Crippen MR) is 38.1 cm³/mol. The molecule has 0 amide bonds. The smallest absolute Gasteiger partial charge is 0.759 e. The zero-order chi connectivity index (χ0) is 4.50. The molecule has 0 aliphatic carbocycles. The fraction of sp³-hybridized carbons (Fsp3) is 0. The van der Waals surface area contributed by atoms with E-state index in [0.29, 0.717) is 0 Å². The third-order valence-electron chi connectivity index (χ3n) is 0. The van der Waals surface area contributed by atoms with Crippen LogP contribution in [0.4, 0.5) is 0 Å². The molecule has 0 saturated carbocycles. The molecule has 0 aromatic rings. The second-order valence-corrected chi connectivity index (χ2v) is 1.22. The molecule has 0 radical (unpaired) electrons. The van der Waals surface area contributed by atoms with Gasteiger partial charge in [0.15, 0.2) is 0 Å². The molecule has 0 rings (SSSR count). The number of hydrogen-bond acceptors (Lipinski definition) is 4. The predicted octanol–water partition coefficient (Wildman–Crippen LogP) is -5.91. The Hall–Kier alpha value is 0.0835. The topological polar surface area (TPSA) is 306 Å². The summed E-state index contributed by atoms with van der Waals surface area (Å²) in [5.74, 6) is 0. The molecular formula is H16NNiO10S+. The zero-order valence-electron chi connectivity index (χ0n) is 6.36. The van der Waals surface area contributed by atoms with Gasteiger partial charge < -0.3 is 48.1 Å². The first-order valence-corrected chi connectivity index (χ1v) is 2.00. The van der Waals surface area contributed by atoms with Crippen molar-refractivity contribution < 1.29 is 66.9 Å². The summed E-state index contributed by atoms with van der Waals surface area (Å²) in [6, 6.07) is 0. The molecule has 0 aromatic heterocycles. The van der Waals surface area contributed by atoms with E-state index in [1.807, 2.05) is 0 Å². The summed E-state index contributed by atoms with van der Waals surface area (Å²) in [7, 11) is -5.17. The molecule has 0 aromatic carbocycles. The van der Waals surface area contributed by atoms with Crippen LogP contribution < -0.4 is 6.15 Å². The zero-order valence-corrected chi connectivity index (χ0v) is 8.16. The quantitative estimate of drug-likeness (QED) is 0.257. The summed E-state index contributed by atoms with van der Waals surface area (Å²) in [6.07, 6.45) is 0. The molecule has 0 atom stereocenters. The van der Waals surface area contributed by atoms with Gasteiger partial charge in [-0.1, -0.05) is 0 Å². The van der Waals surface area contributed by atoms with Gasteiger partial charge in [0.25, 0.3) is 0 Å². The first-order valence-electron chi connectivity index (χ1n) is 0.667. The Kier molecular flexibility index (Phi) is 353. The van der Waals surface area contributed by atoms with Gasteiger partial charge in [-0.25, -0.2) is 0 Å². The molecular weight excluding hydrogens is 265 g/mol. The summed E-state index contributed by atoms with van der Waals surface area (Å²) < 4.78 is 34.1. The van der Waals surface area contributed by atoms with E-state index in [1.165, 1.54) is 0 Å². The summed E-state index contributed by atoms with van der Waals surface area (Å²) in [5.41, 5.74) is 0. The van der Waals surface area contributed by atoms with E-state index in [4.69, 9.17) is 17.5 Å². The van der Waals surface area contributed by atoms with Gasteiger partial charge in [-0.2, -0.15) is 0 Å². The SMILES string of the molecule is O.O.O.O.O.O.O=S(=O)([O-])[O-].[NH4+].[Ni+2]. The minimum absolute atomic E-state index is 0. The van der Waals surface area contributed by atoms with Crippen LogP contribution in [0.25, 0.3) is 0 Å². The normalized spacial score (nSPS) is 4.46. The van der Waals surface area contributed by atoms with Gasteiger partial charge in [0.1, 0.15) is 0 Å². The first-order chi connectivity index (χ1) is 2.00. The van der Waals surface area contributed by atoms with Gasteiger partial charge in [0.05, 0.1) is 0 Å². The van der Waals surface area contributed by atoms with Crippen molar-refractivity contribution in [2.24, 2.45) is 0 Å². The molecule has 0 spiro atoms. The molecule has 0 bridgehead atoms. The fourth-order valence-corrected chi connectivity index (χ4v) is 0. The Bertz CT molecular complexity index is 98.1. The fourth-order valence-electron chi connectivity index (χ4n) is 0. The Morgan fingerprint density at radius 3 is 0.692 bits per heavy atom. The summed E-state index contributed by atoms with van der Waals surface area (Å²) in [6.45, 7) is 0. The van der Waals surface area contributed by atoms with Gasteiger partial charge in [-0.05, 0) is 0 Å². The van der Waals surface area contributed by atoms with E-state index in [9.17, 15) is 0 Å².